The molecule has 2 aliphatic heterocycles. The predicted octanol–water partition coefficient (Wildman–Crippen LogP) is 2.88. The Balaban J connectivity index is 1.77. The number of anilines is 2. The molecule has 0 spiro atoms. The Morgan fingerprint density at radius 3 is 2.26 bits per heavy atom. The number of morpholine rings is 1. The van der Waals surface area contributed by atoms with Crippen LogP contribution in [0.5, 0.6) is 0 Å². The maximum absolute atomic E-state index is 13.6. The van der Waals surface area contributed by atoms with E-state index in [9.17, 15) is 14.4 Å². The second kappa shape index (κ2) is 8.35. The Labute approximate surface area is 181 Å². The van der Waals surface area contributed by atoms with Crippen LogP contribution < -0.4 is 10.2 Å². The van der Waals surface area contributed by atoms with Gasteiger partial charge in [0.1, 0.15) is 5.70 Å². The van der Waals surface area contributed by atoms with Crippen molar-refractivity contribution in [1.29, 1.82) is 0 Å². The highest BCUT2D eigenvalue weighted by Crippen LogP contribution is 2.36. The number of nitrogens with one attached hydrogen (secondary N) is 1. The highest BCUT2D eigenvalue weighted by molar-refractivity contribution is 6.45. The van der Waals surface area contributed by atoms with Gasteiger partial charge in [-0.05, 0) is 49.2 Å². The van der Waals surface area contributed by atoms with Gasteiger partial charge in [-0.25, -0.2) is 4.90 Å². The quantitative estimate of drug-likeness (QED) is 0.771. The van der Waals surface area contributed by atoms with Crippen LogP contribution in [0, 0.1) is 13.8 Å². The topological polar surface area (TPSA) is 79.0 Å². The molecule has 0 saturated carbocycles. The molecule has 1 N–H and O–H groups in total. The van der Waals surface area contributed by atoms with E-state index in [1.165, 1.54) is 11.8 Å². The summed E-state index contributed by atoms with van der Waals surface area (Å²) in [5.41, 5.74) is 4.73. The van der Waals surface area contributed by atoms with Crippen molar-refractivity contribution in [3.8, 4) is 0 Å². The van der Waals surface area contributed by atoms with E-state index in [2.05, 4.69) is 5.32 Å². The molecule has 1 fully saturated rings. The molecule has 1 saturated heterocycles. The van der Waals surface area contributed by atoms with Crippen LogP contribution in [0.1, 0.15) is 23.6 Å². The zero-order chi connectivity index (χ0) is 22.1. The molecule has 7 heteroatoms. The summed E-state index contributed by atoms with van der Waals surface area (Å²) in [7, 11) is 0. The Hall–Kier alpha value is -3.45. The van der Waals surface area contributed by atoms with E-state index < -0.39 is 0 Å². The molecule has 0 aliphatic carbocycles. The van der Waals surface area contributed by atoms with Gasteiger partial charge in [-0.15, -0.1) is 0 Å². The van der Waals surface area contributed by atoms with Gasteiger partial charge >= 0.3 is 0 Å². The number of aryl methyl sites for hydroxylation is 2. The van der Waals surface area contributed by atoms with E-state index in [1.807, 2.05) is 36.9 Å². The molecule has 0 unspecified atom stereocenters. The lowest BCUT2D eigenvalue weighted by molar-refractivity contribution is -0.121. The van der Waals surface area contributed by atoms with Crippen molar-refractivity contribution in [3.05, 3.63) is 64.9 Å². The van der Waals surface area contributed by atoms with Gasteiger partial charge in [0.05, 0.1) is 24.5 Å². The van der Waals surface area contributed by atoms with Crippen LogP contribution in [0.25, 0.3) is 5.57 Å². The Morgan fingerprint density at radius 1 is 0.968 bits per heavy atom. The number of imide groups is 1. The lowest BCUT2D eigenvalue weighted by atomic mass is 9.97. The van der Waals surface area contributed by atoms with Gasteiger partial charge in [0.25, 0.3) is 11.8 Å². The molecule has 2 aromatic carbocycles. The second-order valence-electron chi connectivity index (χ2n) is 7.82. The number of carbonyl (C=O) groups is 3. The van der Waals surface area contributed by atoms with Gasteiger partial charge in [0, 0.05) is 25.7 Å². The van der Waals surface area contributed by atoms with Gasteiger partial charge in [-0.2, -0.15) is 0 Å². The third-order valence-corrected chi connectivity index (χ3v) is 5.48. The van der Waals surface area contributed by atoms with Crippen LogP contribution in [-0.2, 0) is 19.1 Å². The second-order valence-corrected chi connectivity index (χ2v) is 7.82. The average Bonchev–Trinajstić information content (AvgIpc) is 2.99. The van der Waals surface area contributed by atoms with Crippen molar-refractivity contribution >= 4 is 34.7 Å². The summed E-state index contributed by atoms with van der Waals surface area (Å²) >= 11 is 0. The van der Waals surface area contributed by atoms with E-state index in [0.29, 0.717) is 48.9 Å². The number of nitrogens with zero attached hydrogens (tertiary/aromatic N) is 2. The first kappa shape index (κ1) is 20.8. The maximum Gasteiger partial charge on any atom is 0.282 e. The summed E-state index contributed by atoms with van der Waals surface area (Å²) in [4.78, 5) is 41.6. The molecular weight excluding hydrogens is 394 g/mol. The smallest absolute Gasteiger partial charge is 0.282 e. The Morgan fingerprint density at radius 2 is 1.65 bits per heavy atom. The van der Waals surface area contributed by atoms with Crippen molar-refractivity contribution in [2.75, 3.05) is 36.5 Å². The number of hydrogen-bond donors (Lipinski definition) is 1. The normalized spacial score (nSPS) is 16.9. The minimum Gasteiger partial charge on any atom is -0.378 e. The maximum atomic E-state index is 13.6. The molecule has 0 aromatic heterocycles. The minimum atomic E-state index is -0.342. The fourth-order valence-corrected chi connectivity index (χ4v) is 4.07. The first-order valence-electron chi connectivity index (χ1n) is 10.3. The van der Waals surface area contributed by atoms with E-state index in [-0.39, 0.29) is 17.7 Å². The van der Waals surface area contributed by atoms with Crippen LogP contribution >= 0.6 is 0 Å². The summed E-state index contributed by atoms with van der Waals surface area (Å²) < 4.78 is 5.45. The molecule has 4 rings (SSSR count). The molecule has 7 nitrogen and oxygen atoms in total. The molecule has 0 atom stereocenters. The molecule has 31 heavy (non-hydrogen) atoms. The van der Waals surface area contributed by atoms with E-state index >= 15 is 0 Å². The standard InChI is InChI=1S/C24H25N3O4/c1-15-4-9-20(16(2)14-15)21-22(26-10-12-31-13-11-26)24(30)27(23(21)29)19-7-5-18(6-8-19)25-17(3)28/h4-9,14H,10-13H2,1-3H3,(H,25,28). The Kier molecular flexibility index (Phi) is 5.61. The lowest BCUT2D eigenvalue weighted by Crippen LogP contribution is -2.40. The summed E-state index contributed by atoms with van der Waals surface area (Å²) in [5.74, 6) is -0.866. The van der Waals surface area contributed by atoms with E-state index in [4.69, 9.17) is 4.74 Å². The molecular formula is C24H25N3O4. The first-order valence-corrected chi connectivity index (χ1v) is 10.3. The Bertz CT molecular complexity index is 1080. The molecule has 0 radical (unpaired) electrons. The molecule has 0 bridgehead atoms. The van der Waals surface area contributed by atoms with Crippen molar-refractivity contribution in [1.82, 2.24) is 4.90 Å². The number of rotatable bonds is 4. The van der Waals surface area contributed by atoms with Gasteiger partial charge < -0.3 is 15.0 Å². The lowest BCUT2D eigenvalue weighted by Gasteiger charge is -2.29. The zero-order valence-corrected chi connectivity index (χ0v) is 17.9. The van der Waals surface area contributed by atoms with Gasteiger partial charge in [0.15, 0.2) is 0 Å². The van der Waals surface area contributed by atoms with E-state index in [1.54, 1.807) is 24.3 Å². The van der Waals surface area contributed by atoms with Crippen molar-refractivity contribution in [2.45, 2.75) is 20.8 Å². The summed E-state index contributed by atoms with van der Waals surface area (Å²) in [6, 6.07) is 12.6. The van der Waals surface area contributed by atoms with Crippen LogP contribution in [0.3, 0.4) is 0 Å². The van der Waals surface area contributed by atoms with Crippen LogP contribution in [0.2, 0.25) is 0 Å². The van der Waals surface area contributed by atoms with Crippen LogP contribution in [0.4, 0.5) is 11.4 Å². The highest BCUT2D eigenvalue weighted by Gasteiger charge is 2.43. The molecule has 2 aliphatic rings. The van der Waals surface area contributed by atoms with Gasteiger partial charge in [-0.3, -0.25) is 14.4 Å². The fraction of sp³-hybridized carbons (Fsp3) is 0.292. The molecule has 2 heterocycles. The zero-order valence-electron chi connectivity index (χ0n) is 17.9. The number of hydrogen-bond acceptors (Lipinski definition) is 5. The first-order chi connectivity index (χ1) is 14.9. The van der Waals surface area contributed by atoms with Gasteiger partial charge in [-0.1, -0.05) is 23.8 Å². The van der Waals surface area contributed by atoms with Crippen molar-refractivity contribution in [2.24, 2.45) is 0 Å². The SMILES string of the molecule is CC(=O)Nc1ccc(N2C(=O)C(c3ccc(C)cc3C)=C(N3CCOCC3)C2=O)cc1. The van der Waals surface area contributed by atoms with Crippen molar-refractivity contribution in [3.63, 3.8) is 0 Å². The monoisotopic (exact) mass is 419 g/mol. The van der Waals surface area contributed by atoms with Crippen molar-refractivity contribution < 1.29 is 19.1 Å². The molecule has 2 aromatic rings. The molecule has 160 valence electrons. The highest BCUT2D eigenvalue weighted by atomic mass is 16.5. The third kappa shape index (κ3) is 3.96. The number of amides is 3. The summed E-state index contributed by atoms with van der Waals surface area (Å²) in [6.45, 7) is 7.51. The molecule has 3 amide bonds. The summed E-state index contributed by atoms with van der Waals surface area (Å²) in [5, 5.41) is 2.69. The number of ether oxygens (including phenoxy) is 1. The van der Waals surface area contributed by atoms with Gasteiger partial charge in [0.2, 0.25) is 5.91 Å². The van der Waals surface area contributed by atoms with Crippen LogP contribution in [-0.4, -0.2) is 48.9 Å². The number of benzene rings is 2. The predicted molar refractivity (Wildman–Crippen MR) is 118 cm³/mol. The minimum absolute atomic E-state index is 0.186. The van der Waals surface area contributed by atoms with Crippen LogP contribution in [0.15, 0.2) is 48.2 Å². The number of carbonyl (C=O) groups excluding carboxylic acids is 3. The fourth-order valence-electron chi connectivity index (χ4n) is 4.07. The van der Waals surface area contributed by atoms with E-state index in [0.717, 1.165) is 16.7 Å². The average molecular weight is 419 g/mol. The third-order valence-electron chi connectivity index (χ3n) is 5.48. The largest absolute Gasteiger partial charge is 0.378 e. The summed E-state index contributed by atoms with van der Waals surface area (Å²) in [6.07, 6.45) is 0.